The Morgan fingerprint density at radius 3 is 2.58 bits per heavy atom. The summed E-state index contributed by atoms with van der Waals surface area (Å²) in [7, 11) is 4.03. The molecule has 2 aromatic rings. The van der Waals surface area contributed by atoms with Crippen LogP contribution in [-0.4, -0.2) is 31.5 Å². The van der Waals surface area contributed by atoms with Crippen LogP contribution in [0.25, 0.3) is 6.08 Å². The lowest BCUT2D eigenvalue weighted by Gasteiger charge is -2.20. The maximum Gasteiger partial charge on any atom is 0.433 e. The van der Waals surface area contributed by atoms with E-state index in [1.807, 2.05) is 44.4 Å². The van der Waals surface area contributed by atoms with Crippen LogP contribution in [-0.2, 0) is 4.79 Å². The molecule has 0 unspecified atom stereocenters. The van der Waals surface area contributed by atoms with E-state index in [4.69, 9.17) is 4.42 Å². The van der Waals surface area contributed by atoms with Crippen LogP contribution >= 0.6 is 0 Å². The van der Waals surface area contributed by atoms with Crippen LogP contribution in [0.1, 0.15) is 17.4 Å². The van der Waals surface area contributed by atoms with Crippen molar-refractivity contribution in [2.45, 2.75) is 6.04 Å². The van der Waals surface area contributed by atoms with Gasteiger partial charge in [0, 0.05) is 6.08 Å². The molecule has 0 bridgehead atoms. The second kappa shape index (κ2) is 8.07. The van der Waals surface area contributed by atoms with Crippen molar-refractivity contribution in [3.63, 3.8) is 0 Å². The monoisotopic (exact) mass is 330 g/mol. The highest BCUT2D eigenvalue weighted by atomic mass is 16.6. The maximum atomic E-state index is 12.1. The first-order chi connectivity index (χ1) is 11.5. The molecule has 1 atom stereocenters. The van der Waals surface area contributed by atoms with Crippen molar-refractivity contribution in [3.05, 3.63) is 70.0 Å². The van der Waals surface area contributed by atoms with Gasteiger partial charge in [0.1, 0.15) is 23.3 Å². The summed E-state index contributed by atoms with van der Waals surface area (Å²) in [6.45, 7) is 0.732. The Balaban J connectivity index is 2.04. The number of hydrogen-bond donors (Lipinski definition) is 2. The van der Waals surface area contributed by atoms with Gasteiger partial charge in [-0.05, 0) is 17.7 Å². The smallest absolute Gasteiger partial charge is 0.401 e. The van der Waals surface area contributed by atoms with Gasteiger partial charge in [-0.15, -0.1) is 0 Å². The first-order valence-electron chi connectivity index (χ1n) is 7.52. The molecule has 7 heteroatoms. The minimum atomic E-state index is -0.622. The van der Waals surface area contributed by atoms with E-state index in [0.717, 1.165) is 12.1 Å². The number of likely N-dealkylation sites (N-methyl/N-ethyl adjacent to an activating group) is 1. The van der Waals surface area contributed by atoms with Gasteiger partial charge < -0.3 is 14.6 Å². The number of nitro groups is 1. The quantitative estimate of drug-likeness (QED) is 0.453. The summed E-state index contributed by atoms with van der Waals surface area (Å²) in [5, 5.41) is 13.5. The number of rotatable bonds is 7. The minimum absolute atomic E-state index is 0.126. The van der Waals surface area contributed by atoms with Crippen LogP contribution in [0.15, 0.2) is 53.0 Å². The van der Waals surface area contributed by atoms with Gasteiger partial charge in [-0.3, -0.25) is 14.9 Å². The Hall–Kier alpha value is -2.93. The molecule has 1 aromatic heterocycles. The predicted octanol–water partition coefficient (Wildman–Crippen LogP) is 1.20. The van der Waals surface area contributed by atoms with Crippen molar-refractivity contribution >= 4 is 17.9 Å². The molecule has 0 radical (unpaired) electrons. The Labute approximate surface area is 139 Å². The number of benzene rings is 1. The van der Waals surface area contributed by atoms with Crippen molar-refractivity contribution in [2.24, 2.45) is 0 Å². The number of amides is 1. The third-order valence-electron chi connectivity index (χ3n) is 3.32. The van der Waals surface area contributed by atoms with E-state index in [9.17, 15) is 14.9 Å². The highest BCUT2D eigenvalue weighted by molar-refractivity contribution is 5.91. The molecule has 1 aromatic carbocycles. The molecular weight excluding hydrogens is 310 g/mol. The Bertz CT molecular complexity index is 722. The summed E-state index contributed by atoms with van der Waals surface area (Å²) in [4.78, 5) is 23.3. The normalized spacial score (nSPS) is 12.5. The lowest BCUT2D eigenvalue weighted by molar-refractivity contribution is -0.860. The fourth-order valence-corrected chi connectivity index (χ4v) is 2.25. The number of carbonyl (C=O) groups excluding carboxylic acids is 1. The molecular formula is C17H20N3O4+. The van der Waals surface area contributed by atoms with E-state index in [2.05, 4.69) is 5.32 Å². The third-order valence-corrected chi connectivity index (χ3v) is 3.32. The standard InChI is InChI=1S/C17H19N3O4/c1-19(2)12-15(13-6-4-3-5-7-13)18-16(21)10-8-14-9-11-17(24-14)20(22)23/h3-11,15H,12H2,1-2H3,(H,18,21)/p+1/b10-8+/t15-/m0/s1. The molecule has 0 spiro atoms. The molecule has 24 heavy (non-hydrogen) atoms. The average molecular weight is 330 g/mol. The summed E-state index contributed by atoms with van der Waals surface area (Å²) < 4.78 is 4.98. The topological polar surface area (TPSA) is 89.8 Å². The van der Waals surface area contributed by atoms with E-state index in [-0.39, 0.29) is 23.6 Å². The van der Waals surface area contributed by atoms with E-state index < -0.39 is 4.92 Å². The fourth-order valence-electron chi connectivity index (χ4n) is 2.25. The van der Waals surface area contributed by atoms with Gasteiger partial charge in [0.15, 0.2) is 0 Å². The number of nitrogens with one attached hydrogen (secondary N) is 2. The molecule has 0 fully saturated rings. The van der Waals surface area contributed by atoms with Gasteiger partial charge in [0.05, 0.1) is 20.2 Å². The SMILES string of the molecule is C[NH+](C)C[C@H](NC(=O)/C=C/c1ccc([N+](=O)[O-])o1)c1ccccc1. The predicted molar refractivity (Wildman–Crippen MR) is 89.4 cm³/mol. The van der Waals surface area contributed by atoms with Crippen LogP contribution in [0.2, 0.25) is 0 Å². The van der Waals surface area contributed by atoms with Crippen molar-refractivity contribution in [1.29, 1.82) is 0 Å². The molecule has 0 aliphatic heterocycles. The van der Waals surface area contributed by atoms with E-state index in [1.54, 1.807) is 0 Å². The second-order valence-corrected chi connectivity index (χ2v) is 5.65. The lowest BCUT2D eigenvalue weighted by Crippen LogP contribution is -3.06. The summed E-state index contributed by atoms with van der Waals surface area (Å²) in [6, 6.07) is 12.3. The average Bonchev–Trinajstić information content (AvgIpc) is 3.02. The molecule has 2 rings (SSSR count). The zero-order valence-corrected chi connectivity index (χ0v) is 13.6. The molecule has 1 amide bonds. The van der Waals surface area contributed by atoms with E-state index in [0.29, 0.717) is 0 Å². The minimum Gasteiger partial charge on any atom is -0.401 e. The Morgan fingerprint density at radius 1 is 1.29 bits per heavy atom. The number of quaternary nitrogens is 1. The van der Waals surface area contributed by atoms with Crippen LogP contribution in [0.3, 0.4) is 0 Å². The lowest BCUT2D eigenvalue weighted by atomic mass is 10.1. The first-order valence-corrected chi connectivity index (χ1v) is 7.52. The van der Waals surface area contributed by atoms with Crippen LogP contribution in [0.4, 0.5) is 5.88 Å². The van der Waals surface area contributed by atoms with Gasteiger partial charge in [0.2, 0.25) is 5.91 Å². The van der Waals surface area contributed by atoms with E-state index >= 15 is 0 Å². The van der Waals surface area contributed by atoms with Gasteiger partial charge in [0.25, 0.3) is 0 Å². The largest absolute Gasteiger partial charge is 0.433 e. The van der Waals surface area contributed by atoms with Crippen LogP contribution in [0, 0.1) is 10.1 Å². The maximum absolute atomic E-state index is 12.1. The summed E-state index contributed by atoms with van der Waals surface area (Å²) in [5.74, 6) is -0.385. The zero-order chi connectivity index (χ0) is 17.5. The fraction of sp³-hybridized carbons (Fsp3) is 0.235. The Kier molecular flexibility index (Phi) is 5.86. The van der Waals surface area contributed by atoms with Crippen molar-refractivity contribution in [3.8, 4) is 0 Å². The van der Waals surface area contributed by atoms with Gasteiger partial charge >= 0.3 is 5.88 Å². The second-order valence-electron chi connectivity index (χ2n) is 5.65. The molecule has 126 valence electrons. The molecule has 0 saturated carbocycles. The highest BCUT2D eigenvalue weighted by Gasteiger charge is 2.16. The Morgan fingerprint density at radius 2 is 2.00 bits per heavy atom. The van der Waals surface area contributed by atoms with Crippen LogP contribution < -0.4 is 10.2 Å². The summed E-state index contributed by atoms with van der Waals surface area (Å²) >= 11 is 0. The number of nitrogens with zero attached hydrogens (tertiary/aromatic N) is 1. The van der Waals surface area contributed by atoms with Crippen molar-refractivity contribution in [2.75, 3.05) is 20.6 Å². The number of carbonyl (C=O) groups is 1. The van der Waals surface area contributed by atoms with Crippen molar-refractivity contribution < 1.29 is 19.0 Å². The van der Waals surface area contributed by atoms with Gasteiger partial charge in [-0.25, -0.2) is 0 Å². The third kappa shape index (κ3) is 5.06. The molecule has 1 heterocycles. The summed E-state index contributed by atoms with van der Waals surface area (Å²) in [6.07, 6.45) is 2.72. The number of furan rings is 1. The van der Waals surface area contributed by atoms with E-state index in [1.165, 1.54) is 29.2 Å². The molecule has 0 saturated heterocycles. The zero-order valence-electron chi connectivity index (χ0n) is 13.6. The van der Waals surface area contributed by atoms with Gasteiger partial charge in [-0.1, -0.05) is 30.3 Å². The molecule has 7 nitrogen and oxygen atoms in total. The van der Waals surface area contributed by atoms with Crippen LogP contribution in [0.5, 0.6) is 0 Å². The summed E-state index contributed by atoms with van der Waals surface area (Å²) in [5.41, 5.74) is 1.02. The van der Waals surface area contributed by atoms with Crippen molar-refractivity contribution in [1.82, 2.24) is 5.32 Å². The molecule has 0 aliphatic carbocycles. The highest BCUT2D eigenvalue weighted by Crippen LogP contribution is 2.16. The van der Waals surface area contributed by atoms with Gasteiger partial charge in [-0.2, -0.15) is 0 Å². The first kappa shape index (κ1) is 17.4. The molecule has 2 N–H and O–H groups in total. The molecule has 0 aliphatic rings. The number of hydrogen-bond acceptors (Lipinski definition) is 4.